The molecule has 4 rings (SSSR count). The van der Waals surface area contributed by atoms with E-state index in [9.17, 15) is 34.4 Å². The van der Waals surface area contributed by atoms with Gasteiger partial charge in [0.05, 0.1) is 4.92 Å². The van der Waals surface area contributed by atoms with Crippen LogP contribution in [0.25, 0.3) is 0 Å². The number of hydrogen-bond acceptors (Lipinski definition) is 6. The summed E-state index contributed by atoms with van der Waals surface area (Å²) in [5, 5.41) is 26.1. The number of carboxylic acids is 1. The summed E-state index contributed by atoms with van der Waals surface area (Å²) < 4.78 is 0. The molecular formula is C29H28N4O7. The van der Waals surface area contributed by atoms with Crippen LogP contribution < -0.4 is 10.6 Å². The van der Waals surface area contributed by atoms with Crippen LogP contribution in [0, 0.1) is 17.0 Å². The van der Waals surface area contributed by atoms with E-state index in [1.54, 1.807) is 31.2 Å². The number of carbonyl (C=O) groups excluding carboxylic acids is 3. The number of likely N-dealkylation sites (tertiary alicyclic amines) is 1. The summed E-state index contributed by atoms with van der Waals surface area (Å²) in [6, 6.07) is 17.7. The molecule has 11 nitrogen and oxygen atoms in total. The Hall–Kier alpha value is -5.06. The van der Waals surface area contributed by atoms with E-state index in [0.717, 1.165) is 5.56 Å². The second-order valence-electron chi connectivity index (χ2n) is 9.57. The molecular weight excluding hydrogens is 516 g/mol. The summed E-state index contributed by atoms with van der Waals surface area (Å²) in [5.74, 6) is -2.42. The van der Waals surface area contributed by atoms with Gasteiger partial charge in [0, 0.05) is 42.8 Å². The molecule has 1 aliphatic rings. The third-order valence-corrected chi connectivity index (χ3v) is 6.77. The van der Waals surface area contributed by atoms with Crippen LogP contribution in [0.3, 0.4) is 0 Å². The normalized spacial score (nSPS) is 15.4. The number of non-ortho nitro benzene ring substituents is 1. The molecule has 40 heavy (non-hydrogen) atoms. The van der Waals surface area contributed by atoms with Crippen molar-refractivity contribution in [2.24, 2.45) is 0 Å². The minimum atomic E-state index is -1.23. The standard InChI is InChI=1S/C29H28N4O7/c1-18-7-12-22(33(39)40)16-23(18)27(35)30-21-10-8-19(9-11-21)15-24(29(37)38)31-28(36)25-13-14-26(34)32(25)17-20-5-3-2-4-6-20/h2-12,16,24-25H,13-15,17H2,1H3,(H,30,35)(H,31,36)(H,37,38)/t24-,25-/m0/s1. The van der Waals surface area contributed by atoms with Crippen LogP contribution in [-0.4, -0.2) is 50.7 Å². The molecule has 1 heterocycles. The minimum absolute atomic E-state index is 0.0152. The van der Waals surface area contributed by atoms with Gasteiger partial charge in [-0.25, -0.2) is 4.79 Å². The van der Waals surface area contributed by atoms with Gasteiger partial charge < -0.3 is 20.6 Å². The number of nitrogens with one attached hydrogen (secondary N) is 2. The molecule has 206 valence electrons. The average molecular weight is 545 g/mol. The predicted molar refractivity (Wildman–Crippen MR) is 146 cm³/mol. The van der Waals surface area contributed by atoms with Gasteiger partial charge >= 0.3 is 5.97 Å². The molecule has 1 aliphatic heterocycles. The molecule has 0 saturated carbocycles. The lowest BCUT2D eigenvalue weighted by Gasteiger charge is -2.26. The van der Waals surface area contributed by atoms with E-state index >= 15 is 0 Å². The Kier molecular flexibility index (Phi) is 8.53. The lowest BCUT2D eigenvalue weighted by Crippen LogP contribution is -2.50. The fraction of sp³-hybridized carbons (Fsp3) is 0.241. The van der Waals surface area contributed by atoms with Crippen molar-refractivity contribution in [3.05, 3.63) is 105 Å². The monoisotopic (exact) mass is 544 g/mol. The lowest BCUT2D eigenvalue weighted by atomic mass is 10.0. The van der Waals surface area contributed by atoms with Gasteiger partial charge in [-0.05, 0) is 42.2 Å². The number of amides is 3. The first-order chi connectivity index (χ1) is 19.1. The Morgan fingerprint density at radius 3 is 2.40 bits per heavy atom. The van der Waals surface area contributed by atoms with Gasteiger partial charge in [-0.3, -0.25) is 24.5 Å². The summed E-state index contributed by atoms with van der Waals surface area (Å²) in [6.45, 7) is 1.93. The molecule has 11 heteroatoms. The van der Waals surface area contributed by atoms with E-state index in [0.29, 0.717) is 23.2 Å². The Labute approximate surface area is 230 Å². The number of aryl methyl sites for hydroxylation is 1. The number of nitro benzene ring substituents is 1. The zero-order chi connectivity index (χ0) is 28.8. The summed E-state index contributed by atoms with van der Waals surface area (Å²) in [5.41, 5.74) is 2.43. The SMILES string of the molecule is Cc1ccc([N+](=O)[O-])cc1C(=O)Nc1ccc(C[C@H](NC(=O)[C@@H]2CCC(=O)N2Cc2ccccc2)C(=O)O)cc1. The quantitative estimate of drug-likeness (QED) is 0.260. The summed E-state index contributed by atoms with van der Waals surface area (Å²) in [4.78, 5) is 62.1. The molecule has 0 bridgehead atoms. The first kappa shape index (κ1) is 28.0. The van der Waals surface area contributed by atoms with Gasteiger partial charge in [0.2, 0.25) is 11.8 Å². The van der Waals surface area contributed by atoms with Crippen LogP contribution in [0.15, 0.2) is 72.8 Å². The van der Waals surface area contributed by atoms with Crippen LogP contribution in [-0.2, 0) is 27.3 Å². The minimum Gasteiger partial charge on any atom is -0.480 e. The van der Waals surface area contributed by atoms with Crippen molar-refractivity contribution in [3.63, 3.8) is 0 Å². The lowest BCUT2D eigenvalue weighted by molar-refractivity contribution is -0.384. The third kappa shape index (κ3) is 6.68. The highest BCUT2D eigenvalue weighted by atomic mass is 16.6. The van der Waals surface area contributed by atoms with Gasteiger partial charge in [0.1, 0.15) is 12.1 Å². The molecule has 3 aromatic rings. The Bertz CT molecular complexity index is 1440. The first-order valence-electron chi connectivity index (χ1n) is 12.6. The molecule has 0 unspecified atom stereocenters. The topological polar surface area (TPSA) is 159 Å². The van der Waals surface area contributed by atoms with Gasteiger partial charge in [0.25, 0.3) is 11.6 Å². The Balaban J connectivity index is 1.39. The third-order valence-electron chi connectivity index (χ3n) is 6.77. The Morgan fingerprint density at radius 2 is 1.75 bits per heavy atom. The van der Waals surface area contributed by atoms with Crippen LogP contribution in [0.5, 0.6) is 0 Å². The molecule has 3 N–H and O–H groups in total. The predicted octanol–water partition coefficient (Wildman–Crippen LogP) is 3.46. The first-order valence-corrected chi connectivity index (χ1v) is 12.6. The second kappa shape index (κ2) is 12.2. The van der Waals surface area contributed by atoms with Crippen molar-refractivity contribution in [1.29, 1.82) is 0 Å². The van der Waals surface area contributed by atoms with E-state index in [4.69, 9.17) is 0 Å². The molecule has 2 atom stereocenters. The molecule has 0 spiro atoms. The second-order valence-corrected chi connectivity index (χ2v) is 9.57. The number of anilines is 1. The van der Waals surface area contributed by atoms with Crippen LogP contribution in [0.4, 0.5) is 11.4 Å². The number of carbonyl (C=O) groups is 4. The fourth-order valence-corrected chi connectivity index (χ4v) is 4.58. The molecule has 1 saturated heterocycles. The van der Waals surface area contributed by atoms with Gasteiger partial charge in [0.15, 0.2) is 0 Å². The van der Waals surface area contributed by atoms with Crippen molar-refractivity contribution in [1.82, 2.24) is 10.2 Å². The summed E-state index contributed by atoms with van der Waals surface area (Å²) in [6.07, 6.45) is 0.507. The maximum atomic E-state index is 13.0. The number of aliphatic carboxylic acids is 1. The maximum absolute atomic E-state index is 13.0. The van der Waals surface area contributed by atoms with Crippen molar-refractivity contribution in [2.75, 3.05) is 5.32 Å². The zero-order valence-corrected chi connectivity index (χ0v) is 21.7. The average Bonchev–Trinajstić information content (AvgIpc) is 3.29. The van der Waals surface area contributed by atoms with E-state index in [-0.39, 0.29) is 36.5 Å². The van der Waals surface area contributed by atoms with Crippen molar-refractivity contribution >= 4 is 35.1 Å². The van der Waals surface area contributed by atoms with Crippen molar-refractivity contribution < 1.29 is 29.2 Å². The zero-order valence-electron chi connectivity index (χ0n) is 21.7. The molecule has 1 fully saturated rings. The largest absolute Gasteiger partial charge is 0.480 e. The molecule has 0 aromatic heterocycles. The highest BCUT2D eigenvalue weighted by Gasteiger charge is 2.37. The summed E-state index contributed by atoms with van der Waals surface area (Å²) in [7, 11) is 0. The molecule has 3 aromatic carbocycles. The number of carboxylic acid groups (broad SMARTS) is 1. The Morgan fingerprint density at radius 1 is 1.05 bits per heavy atom. The molecule has 0 radical (unpaired) electrons. The highest BCUT2D eigenvalue weighted by Crippen LogP contribution is 2.23. The van der Waals surface area contributed by atoms with Crippen molar-refractivity contribution in [2.45, 2.75) is 44.8 Å². The molecule has 0 aliphatic carbocycles. The highest BCUT2D eigenvalue weighted by molar-refractivity contribution is 6.05. The van der Waals surface area contributed by atoms with Crippen LogP contribution in [0.2, 0.25) is 0 Å². The van der Waals surface area contributed by atoms with Crippen molar-refractivity contribution in [3.8, 4) is 0 Å². The van der Waals surface area contributed by atoms with Gasteiger partial charge in [-0.2, -0.15) is 0 Å². The number of nitrogens with zero attached hydrogens (tertiary/aromatic N) is 2. The maximum Gasteiger partial charge on any atom is 0.326 e. The van der Waals surface area contributed by atoms with Crippen LogP contribution >= 0.6 is 0 Å². The van der Waals surface area contributed by atoms with Gasteiger partial charge in [-0.1, -0.05) is 48.5 Å². The number of hydrogen-bond donors (Lipinski definition) is 3. The fourth-order valence-electron chi connectivity index (χ4n) is 4.58. The smallest absolute Gasteiger partial charge is 0.326 e. The summed E-state index contributed by atoms with van der Waals surface area (Å²) >= 11 is 0. The molecule has 3 amide bonds. The van der Waals surface area contributed by atoms with E-state index in [1.807, 2.05) is 30.3 Å². The van der Waals surface area contributed by atoms with E-state index in [2.05, 4.69) is 10.6 Å². The number of rotatable bonds is 10. The number of nitro groups is 1. The van der Waals surface area contributed by atoms with Gasteiger partial charge in [-0.15, -0.1) is 0 Å². The van der Waals surface area contributed by atoms with E-state index < -0.39 is 34.8 Å². The number of benzene rings is 3. The van der Waals surface area contributed by atoms with Crippen LogP contribution in [0.1, 0.15) is 39.9 Å². The van der Waals surface area contributed by atoms with E-state index in [1.165, 1.54) is 23.1 Å².